The summed E-state index contributed by atoms with van der Waals surface area (Å²) in [7, 11) is 3.12. The summed E-state index contributed by atoms with van der Waals surface area (Å²) in [6.07, 6.45) is 6.58. The highest BCUT2D eigenvalue weighted by Crippen LogP contribution is 2.32. The van der Waals surface area contributed by atoms with Crippen LogP contribution in [-0.4, -0.2) is 30.4 Å². The maximum Gasteiger partial charge on any atom is 0.237 e. The van der Waals surface area contributed by atoms with Gasteiger partial charge in [0.15, 0.2) is 0 Å². The van der Waals surface area contributed by atoms with Crippen LogP contribution >= 0.6 is 11.8 Å². The lowest BCUT2D eigenvalue weighted by molar-refractivity contribution is -0.115. The van der Waals surface area contributed by atoms with Crippen LogP contribution in [0.4, 0.5) is 5.69 Å². The fraction of sp³-hybridized carbons (Fsp3) is 0.435. The number of carbonyl (C=O) groups is 1. The van der Waals surface area contributed by atoms with E-state index in [-0.39, 0.29) is 5.91 Å². The predicted octanol–water partition coefficient (Wildman–Crippen LogP) is 4.75. The van der Waals surface area contributed by atoms with Gasteiger partial charge in [-0.3, -0.25) is 4.79 Å². The molecule has 1 heterocycles. The number of nitrogens with zero attached hydrogens (tertiary/aromatic N) is 2. The molecule has 1 aromatic carbocycles. The SMILES string of the molecule is COc1ccc(OC)c(NC(=O)C(C)Sc2nc3c(cc2C#N)CCCCCC3)c1. The third-order valence-corrected chi connectivity index (χ3v) is 6.31. The summed E-state index contributed by atoms with van der Waals surface area (Å²) in [6, 6.07) is 9.46. The van der Waals surface area contributed by atoms with E-state index in [1.165, 1.54) is 30.2 Å². The fourth-order valence-corrected chi connectivity index (χ4v) is 4.40. The van der Waals surface area contributed by atoms with Gasteiger partial charge in [-0.05, 0) is 56.4 Å². The van der Waals surface area contributed by atoms with Gasteiger partial charge >= 0.3 is 0 Å². The number of anilines is 1. The van der Waals surface area contributed by atoms with Crippen LogP contribution in [0.2, 0.25) is 0 Å². The third-order valence-electron chi connectivity index (χ3n) is 5.21. The van der Waals surface area contributed by atoms with E-state index in [1.807, 2.05) is 13.0 Å². The van der Waals surface area contributed by atoms with E-state index >= 15 is 0 Å². The van der Waals surface area contributed by atoms with E-state index in [9.17, 15) is 10.1 Å². The molecule has 3 rings (SSSR count). The molecule has 158 valence electrons. The van der Waals surface area contributed by atoms with Gasteiger partial charge in [0, 0.05) is 11.8 Å². The van der Waals surface area contributed by atoms with Crippen molar-refractivity contribution in [2.75, 3.05) is 19.5 Å². The summed E-state index contributed by atoms with van der Waals surface area (Å²) < 4.78 is 10.6. The third kappa shape index (κ3) is 5.25. The van der Waals surface area contributed by atoms with Crippen LogP contribution in [0.15, 0.2) is 29.3 Å². The van der Waals surface area contributed by atoms with Gasteiger partial charge in [0.2, 0.25) is 5.91 Å². The van der Waals surface area contributed by atoms with Crippen LogP contribution in [0.1, 0.15) is 49.4 Å². The zero-order valence-electron chi connectivity index (χ0n) is 17.7. The molecule has 1 aromatic heterocycles. The normalized spacial score (nSPS) is 14.5. The van der Waals surface area contributed by atoms with Gasteiger partial charge in [0.25, 0.3) is 0 Å². The zero-order chi connectivity index (χ0) is 21.5. The Morgan fingerprint density at radius 1 is 1.17 bits per heavy atom. The zero-order valence-corrected chi connectivity index (χ0v) is 18.5. The van der Waals surface area contributed by atoms with Crippen LogP contribution in [0.25, 0.3) is 0 Å². The lowest BCUT2D eigenvalue weighted by Gasteiger charge is -2.17. The molecule has 0 saturated carbocycles. The number of amides is 1. The molecule has 0 bridgehead atoms. The Morgan fingerprint density at radius 2 is 1.93 bits per heavy atom. The van der Waals surface area contributed by atoms with Crippen molar-refractivity contribution in [1.82, 2.24) is 4.98 Å². The molecule has 1 aliphatic rings. The van der Waals surface area contributed by atoms with Gasteiger partial charge in [0.05, 0.1) is 30.7 Å². The Morgan fingerprint density at radius 3 is 2.63 bits per heavy atom. The Bertz CT molecular complexity index is 955. The summed E-state index contributed by atoms with van der Waals surface area (Å²) in [5, 5.41) is 12.7. The van der Waals surface area contributed by atoms with Crippen LogP contribution in [0.5, 0.6) is 11.5 Å². The second-order valence-corrected chi connectivity index (χ2v) is 8.62. The second-order valence-electron chi connectivity index (χ2n) is 7.29. The van der Waals surface area contributed by atoms with Crippen molar-refractivity contribution in [1.29, 1.82) is 5.26 Å². The minimum absolute atomic E-state index is 0.191. The topological polar surface area (TPSA) is 84.2 Å². The molecule has 0 radical (unpaired) electrons. The Labute approximate surface area is 182 Å². The molecule has 0 fully saturated rings. The van der Waals surface area contributed by atoms with E-state index in [4.69, 9.17) is 14.5 Å². The maximum absolute atomic E-state index is 12.8. The fourth-order valence-electron chi connectivity index (χ4n) is 3.51. The van der Waals surface area contributed by atoms with Crippen LogP contribution in [-0.2, 0) is 17.6 Å². The minimum Gasteiger partial charge on any atom is -0.497 e. The monoisotopic (exact) mass is 425 g/mol. The van der Waals surface area contributed by atoms with E-state index < -0.39 is 5.25 Å². The average Bonchev–Trinajstić information content (AvgIpc) is 2.74. The number of nitrogens with one attached hydrogen (secondary N) is 1. The highest BCUT2D eigenvalue weighted by Gasteiger charge is 2.21. The highest BCUT2D eigenvalue weighted by atomic mass is 32.2. The van der Waals surface area contributed by atoms with E-state index in [1.54, 1.807) is 32.4 Å². The smallest absolute Gasteiger partial charge is 0.237 e. The number of benzene rings is 1. The number of nitriles is 1. The summed E-state index contributed by atoms with van der Waals surface area (Å²) in [6.45, 7) is 1.81. The van der Waals surface area contributed by atoms with Crippen molar-refractivity contribution in [3.63, 3.8) is 0 Å². The predicted molar refractivity (Wildman–Crippen MR) is 118 cm³/mol. The number of thioether (sulfide) groups is 1. The van der Waals surface area contributed by atoms with Crippen LogP contribution in [0.3, 0.4) is 0 Å². The molecule has 1 aliphatic carbocycles. The summed E-state index contributed by atoms with van der Waals surface area (Å²) >= 11 is 1.31. The number of hydrogen-bond acceptors (Lipinski definition) is 6. The molecule has 6 nitrogen and oxygen atoms in total. The molecule has 0 aliphatic heterocycles. The van der Waals surface area contributed by atoms with Crippen LogP contribution < -0.4 is 14.8 Å². The number of hydrogen-bond donors (Lipinski definition) is 1. The standard InChI is InChI=1S/C23H27N3O3S/c1-15(22(27)25-20-13-18(28-2)10-11-21(20)29-3)30-23-17(14-24)12-16-8-6-4-5-7-9-19(16)26-23/h10-13,15H,4-9H2,1-3H3,(H,25,27). The summed E-state index contributed by atoms with van der Waals surface area (Å²) in [5.41, 5.74) is 3.32. The van der Waals surface area contributed by atoms with E-state index in [0.717, 1.165) is 31.4 Å². The van der Waals surface area contributed by atoms with Gasteiger partial charge in [-0.2, -0.15) is 5.26 Å². The number of fused-ring (bicyclic) bond motifs is 1. The molecule has 1 atom stereocenters. The van der Waals surface area contributed by atoms with Crippen molar-refractivity contribution in [2.45, 2.75) is 55.7 Å². The van der Waals surface area contributed by atoms with Gasteiger partial charge in [-0.25, -0.2) is 4.98 Å². The molecule has 2 aromatic rings. The maximum atomic E-state index is 12.8. The summed E-state index contributed by atoms with van der Waals surface area (Å²) in [4.78, 5) is 17.6. The number of rotatable bonds is 6. The number of methoxy groups -OCH3 is 2. The Kier molecular flexibility index (Phi) is 7.58. The van der Waals surface area contributed by atoms with Gasteiger partial charge < -0.3 is 14.8 Å². The van der Waals surface area contributed by atoms with Gasteiger partial charge in [-0.15, -0.1) is 0 Å². The first kappa shape index (κ1) is 22.0. The number of ether oxygens (including phenoxy) is 2. The number of pyridine rings is 1. The first-order valence-electron chi connectivity index (χ1n) is 10.2. The molecule has 1 N–H and O–H groups in total. The molecule has 0 spiro atoms. The van der Waals surface area contributed by atoms with Gasteiger partial charge in [0.1, 0.15) is 22.6 Å². The number of aromatic nitrogens is 1. The van der Waals surface area contributed by atoms with Crippen LogP contribution in [0, 0.1) is 11.3 Å². The number of aryl methyl sites for hydroxylation is 2. The van der Waals surface area contributed by atoms with Crippen molar-refractivity contribution < 1.29 is 14.3 Å². The molecule has 1 unspecified atom stereocenters. The molecule has 7 heteroatoms. The molecule has 30 heavy (non-hydrogen) atoms. The largest absolute Gasteiger partial charge is 0.497 e. The minimum atomic E-state index is -0.438. The molecular weight excluding hydrogens is 398 g/mol. The Balaban J connectivity index is 1.78. The van der Waals surface area contributed by atoms with Crippen molar-refractivity contribution in [3.05, 3.63) is 41.1 Å². The summed E-state index contributed by atoms with van der Waals surface area (Å²) in [5.74, 6) is 0.990. The van der Waals surface area contributed by atoms with E-state index in [2.05, 4.69) is 11.4 Å². The van der Waals surface area contributed by atoms with Crippen molar-refractivity contribution in [3.8, 4) is 17.6 Å². The lowest BCUT2D eigenvalue weighted by Crippen LogP contribution is -2.23. The molecular formula is C23H27N3O3S. The second kappa shape index (κ2) is 10.4. The number of carbonyl (C=O) groups excluding carboxylic acids is 1. The quantitative estimate of drug-likeness (QED) is 0.673. The Hall–Kier alpha value is -2.72. The first-order chi connectivity index (χ1) is 14.5. The van der Waals surface area contributed by atoms with Crippen molar-refractivity contribution in [2.24, 2.45) is 0 Å². The average molecular weight is 426 g/mol. The van der Waals surface area contributed by atoms with Gasteiger partial charge in [-0.1, -0.05) is 24.6 Å². The lowest BCUT2D eigenvalue weighted by atomic mass is 9.96. The molecule has 1 amide bonds. The van der Waals surface area contributed by atoms with Crippen molar-refractivity contribution >= 4 is 23.4 Å². The van der Waals surface area contributed by atoms with E-state index in [0.29, 0.717) is 27.8 Å². The molecule has 0 saturated heterocycles. The highest BCUT2D eigenvalue weighted by molar-refractivity contribution is 8.00. The first-order valence-corrected chi connectivity index (χ1v) is 11.1.